The molecule has 0 spiro atoms. The molecule has 3 aromatic heterocycles. The van der Waals surface area contributed by atoms with E-state index in [4.69, 9.17) is 9.47 Å². The summed E-state index contributed by atoms with van der Waals surface area (Å²) in [7, 11) is 0. The molecule has 2 N–H and O–H groups in total. The van der Waals surface area contributed by atoms with E-state index in [1.165, 1.54) is 4.68 Å². The van der Waals surface area contributed by atoms with Crippen molar-refractivity contribution in [2.75, 3.05) is 56.2 Å². The van der Waals surface area contributed by atoms with Crippen molar-refractivity contribution < 1.29 is 35.8 Å². The Morgan fingerprint density at radius 1 is 0.973 bits per heavy atom. The van der Waals surface area contributed by atoms with Crippen LogP contribution in [0.3, 0.4) is 0 Å². The molecule has 0 unspecified atom stereocenters. The van der Waals surface area contributed by atoms with Crippen LogP contribution >= 0.6 is 0 Å². The number of piperazine rings is 1. The molecule has 0 atom stereocenters. The fraction of sp³-hybridized carbons (Fsp3) is 0.524. The number of nitrogens with one attached hydrogen (secondary N) is 2. The number of pyridine rings is 1. The lowest BCUT2D eigenvalue weighted by atomic mass is 10.3. The number of nitrogens with zero attached hydrogens (tertiary/aromatic N) is 6. The minimum Gasteiger partial charge on any atom is -0.370 e. The lowest BCUT2D eigenvalue weighted by Crippen LogP contribution is -2.44. The number of halogens is 6. The zero-order valence-corrected chi connectivity index (χ0v) is 19.4. The first-order chi connectivity index (χ1) is 17.6. The fourth-order valence-corrected chi connectivity index (χ4v) is 3.64. The number of aromatic nitrogens is 5. The van der Waals surface area contributed by atoms with Crippen molar-refractivity contribution in [3.63, 3.8) is 0 Å². The van der Waals surface area contributed by atoms with Gasteiger partial charge in [0.25, 0.3) is 0 Å². The van der Waals surface area contributed by atoms with Crippen LogP contribution in [0.2, 0.25) is 0 Å². The van der Waals surface area contributed by atoms with Crippen molar-refractivity contribution in [2.45, 2.75) is 25.5 Å². The van der Waals surface area contributed by atoms with E-state index in [0.29, 0.717) is 37.9 Å². The SMILES string of the molecule is FC(F)(F)COCCn1nc(COCC(F)(F)F)c2nc(N3CCNCC3)nc(Nc3ccccn3)c21. The summed E-state index contributed by atoms with van der Waals surface area (Å²) in [6, 6.07) is 5.13. The predicted molar refractivity (Wildman–Crippen MR) is 121 cm³/mol. The van der Waals surface area contributed by atoms with Crippen molar-refractivity contribution >= 4 is 28.6 Å². The molecule has 1 aliphatic heterocycles. The maximum Gasteiger partial charge on any atom is 0.411 e. The molecule has 0 amide bonds. The number of hydrogen-bond acceptors (Lipinski definition) is 9. The Morgan fingerprint density at radius 2 is 1.70 bits per heavy atom. The van der Waals surface area contributed by atoms with Crippen molar-refractivity contribution in [3.8, 4) is 0 Å². The molecule has 37 heavy (non-hydrogen) atoms. The van der Waals surface area contributed by atoms with Gasteiger partial charge in [-0.15, -0.1) is 0 Å². The fourth-order valence-electron chi connectivity index (χ4n) is 3.64. The number of fused-ring (bicyclic) bond motifs is 1. The number of alkyl halides is 6. The van der Waals surface area contributed by atoms with Gasteiger partial charge in [0.05, 0.1) is 19.8 Å². The number of hydrogen-bond donors (Lipinski definition) is 2. The van der Waals surface area contributed by atoms with Crippen LogP contribution in [0.25, 0.3) is 11.0 Å². The van der Waals surface area contributed by atoms with Crippen LogP contribution in [0, 0.1) is 0 Å². The van der Waals surface area contributed by atoms with Crippen LogP contribution in [0.5, 0.6) is 0 Å². The molecule has 0 saturated carbocycles. The Bertz CT molecular complexity index is 1170. The molecule has 4 rings (SSSR count). The summed E-state index contributed by atoms with van der Waals surface area (Å²) in [6.45, 7) is -1.42. The van der Waals surface area contributed by atoms with Gasteiger partial charge in [0.1, 0.15) is 35.8 Å². The molecular formula is C21H24F6N8O2. The molecule has 1 fully saturated rings. The van der Waals surface area contributed by atoms with Gasteiger partial charge in [-0.1, -0.05) is 6.07 Å². The Hall–Kier alpha value is -3.24. The number of ether oxygens (including phenoxy) is 2. The molecule has 1 aliphatic rings. The topological polar surface area (TPSA) is 102 Å². The van der Waals surface area contributed by atoms with E-state index in [2.05, 4.69) is 30.7 Å². The zero-order chi connectivity index (χ0) is 26.5. The molecule has 16 heteroatoms. The molecule has 202 valence electrons. The molecule has 0 aliphatic carbocycles. The summed E-state index contributed by atoms with van der Waals surface area (Å²) in [5.41, 5.74) is 0.559. The first-order valence-electron chi connectivity index (χ1n) is 11.3. The monoisotopic (exact) mass is 534 g/mol. The third-order valence-electron chi connectivity index (χ3n) is 5.17. The van der Waals surface area contributed by atoms with Gasteiger partial charge in [0.2, 0.25) is 5.95 Å². The van der Waals surface area contributed by atoms with E-state index in [0.717, 1.165) is 0 Å². The summed E-state index contributed by atoms with van der Waals surface area (Å²) < 4.78 is 86.4. The average Bonchev–Trinajstić information content (AvgIpc) is 3.19. The molecule has 0 aromatic carbocycles. The van der Waals surface area contributed by atoms with Crippen molar-refractivity contribution in [3.05, 3.63) is 30.1 Å². The molecule has 3 aromatic rings. The molecule has 0 bridgehead atoms. The quantitative estimate of drug-likeness (QED) is 0.300. The van der Waals surface area contributed by atoms with E-state index >= 15 is 0 Å². The summed E-state index contributed by atoms with van der Waals surface area (Å²) in [5.74, 6) is 0.977. The molecule has 4 heterocycles. The second-order valence-corrected chi connectivity index (χ2v) is 8.09. The van der Waals surface area contributed by atoms with Gasteiger partial charge in [0.15, 0.2) is 5.82 Å². The van der Waals surface area contributed by atoms with E-state index in [9.17, 15) is 26.3 Å². The standard InChI is InChI=1S/C21H24F6N8O2/c22-20(23,24)12-36-10-9-35-17-16(14(33-35)11-37-13-21(25,26)27)31-19(34-7-5-28-6-8-34)32-18(17)30-15-3-1-2-4-29-15/h1-4,28H,5-13H2,(H,29,30,31,32). The smallest absolute Gasteiger partial charge is 0.370 e. The average molecular weight is 534 g/mol. The molecular weight excluding hydrogens is 510 g/mol. The van der Waals surface area contributed by atoms with Crippen LogP contribution in [0.4, 0.5) is 43.9 Å². The summed E-state index contributed by atoms with van der Waals surface area (Å²) in [6.07, 6.45) is -7.50. The summed E-state index contributed by atoms with van der Waals surface area (Å²) in [4.78, 5) is 15.3. The lowest BCUT2D eigenvalue weighted by molar-refractivity contribution is -0.177. The highest BCUT2D eigenvalue weighted by atomic mass is 19.4. The Labute approximate surface area is 207 Å². The van der Waals surface area contributed by atoms with E-state index < -0.39 is 32.2 Å². The maximum atomic E-state index is 12.7. The lowest BCUT2D eigenvalue weighted by Gasteiger charge is -2.27. The highest BCUT2D eigenvalue weighted by Crippen LogP contribution is 2.29. The van der Waals surface area contributed by atoms with Crippen molar-refractivity contribution in [1.29, 1.82) is 0 Å². The molecule has 1 saturated heterocycles. The Morgan fingerprint density at radius 3 is 2.38 bits per heavy atom. The van der Waals surface area contributed by atoms with Gasteiger partial charge in [-0.05, 0) is 12.1 Å². The van der Waals surface area contributed by atoms with Crippen LogP contribution in [0.1, 0.15) is 5.69 Å². The molecule has 0 radical (unpaired) electrons. The van der Waals surface area contributed by atoms with Crippen LogP contribution in [0.15, 0.2) is 24.4 Å². The first kappa shape index (κ1) is 26.8. The van der Waals surface area contributed by atoms with E-state index in [1.54, 1.807) is 24.4 Å². The normalized spacial score (nSPS) is 14.9. The van der Waals surface area contributed by atoms with Gasteiger partial charge < -0.3 is 25.0 Å². The van der Waals surface area contributed by atoms with Gasteiger partial charge in [-0.2, -0.15) is 36.4 Å². The third kappa shape index (κ3) is 7.62. The van der Waals surface area contributed by atoms with E-state index in [-0.39, 0.29) is 35.7 Å². The minimum atomic E-state index is -4.55. The number of anilines is 3. The molecule has 10 nitrogen and oxygen atoms in total. The van der Waals surface area contributed by atoms with Crippen molar-refractivity contribution in [1.82, 2.24) is 30.0 Å². The van der Waals surface area contributed by atoms with Crippen LogP contribution < -0.4 is 15.5 Å². The largest absolute Gasteiger partial charge is 0.411 e. The summed E-state index contributed by atoms with van der Waals surface area (Å²) >= 11 is 0. The van der Waals surface area contributed by atoms with Gasteiger partial charge >= 0.3 is 12.4 Å². The van der Waals surface area contributed by atoms with E-state index in [1.807, 2.05) is 4.90 Å². The van der Waals surface area contributed by atoms with Crippen molar-refractivity contribution in [2.24, 2.45) is 0 Å². The first-order valence-corrected chi connectivity index (χ1v) is 11.3. The minimum absolute atomic E-state index is 0.0814. The van der Waals surface area contributed by atoms with Crippen LogP contribution in [-0.4, -0.2) is 83.1 Å². The zero-order valence-electron chi connectivity index (χ0n) is 19.4. The van der Waals surface area contributed by atoms with Crippen LogP contribution in [-0.2, 0) is 22.6 Å². The highest BCUT2D eigenvalue weighted by molar-refractivity contribution is 5.90. The number of rotatable bonds is 10. The summed E-state index contributed by atoms with van der Waals surface area (Å²) in [5, 5.41) is 10.6. The maximum absolute atomic E-state index is 12.7. The van der Waals surface area contributed by atoms with Gasteiger partial charge in [-0.3, -0.25) is 4.68 Å². The predicted octanol–water partition coefficient (Wildman–Crippen LogP) is 3.03. The second kappa shape index (κ2) is 11.4. The highest BCUT2D eigenvalue weighted by Gasteiger charge is 2.29. The van der Waals surface area contributed by atoms with Gasteiger partial charge in [-0.25, -0.2) is 9.97 Å². The Balaban J connectivity index is 1.73. The third-order valence-corrected chi connectivity index (χ3v) is 5.17. The van der Waals surface area contributed by atoms with Gasteiger partial charge in [0, 0.05) is 32.4 Å². The second-order valence-electron chi connectivity index (χ2n) is 8.09. The Kier molecular flexibility index (Phi) is 8.29.